The first kappa shape index (κ1) is 15.7. The van der Waals surface area contributed by atoms with Gasteiger partial charge in [-0.15, -0.1) is 0 Å². The Morgan fingerprint density at radius 3 is 1.25 bits per heavy atom. The minimum absolute atomic E-state index is 0. The van der Waals surface area contributed by atoms with E-state index in [1.807, 2.05) is 0 Å². The van der Waals surface area contributed by atoms with Gasteiger partial charge in [0.25, 0.3) is 0 Å². The van der Waals surface area contributed by atoms with Gasteiger partial charge in [0.05, 0.1) is 0 Å². The van der Waals surface area contributed by atoms with Crippen LogP contribution < -0.4 is 0 Å². The normalized spacial score (nSPS) is 1.50. The van der Waals surface area contributed by atoms with Gasteiger partial charge in [0.2, 0.25) is 0 Å². The fourth-order valence-corrected chi connectivity index (χ4v) is 0. The van der Waals surface area contributed by atoms with Gasteiger partial charge in [0, 0.05) is 90.2 Å². The molecule has 0 atom stereocenters. The predicted molar refractivity (Wildman–Crippen MR) is 6.44 cm³/mol. The quantitative estimate of drug-likeness (QED) is 0.534. The Morgan fingerprint density at radius 1 is 1.25 bits per heavy atom. The largest absolute Gasteiger partial charge is 0 e. The summed E-state index contributed by atoms with van der Waals surface area (Å²) in [4.78, 5) is 0. The first-order valence-corrected chi connectivity index (χ1v) is 0.508. The minimum atomic E-state index is 0. The summed E-state index contributed by atoms with van der Waals surface area (Å²) in [5.41, 5.74) is 0. The van der Waals surface area contributed by atoms with Gasteiger partial charge in [-0.05, 0) is 0 Å². The molecule has 0 aliphatic rings. The van der Waals surface area contributed by atoms with Crippen molar-refractivity contribution in [2.75, 3.05) is 0 Å². The van der Waals surface area contributed by atoms with Gasteiger partial charge < -0.3 is 0 Å². The van der Waals surface area contributed by atoms with E-state index in [-0.39, 0.29) is 90.2 Å². The van der Waals surface area contributed by atoms with E-state index in [1.165, 1.54) is 0 Å². The van der Waals surface area contributed by atoms with Gasteiger partial charge >= 0.3 is 19.8 Å². The first-order valence-electron chi connectivity index (χ1n) is 0.123. The molecule has 0 aliphatic heterocycles. The van der Waals surface area contributed by atoms with Gasteiger partial charge in [0.15, 0.2) is 0 Å². The van der Waals surface area contributed by atoms with Crippen LogP contribution in [0, 0.1) is 41.3 Å². The second-order valence-corrected chi connectivity index (χ2v) is 0. The van der Waals surface area contributed by atoms with E-state index in [9.17, 15) is 0 Å². The fourth-order valence-electron chi connectivity index (χ4n) is 0. The Hall–Kier alpha value is 3.25. The third-order valence-electron chi connectivity index (χ3n) is 0. The Kier molecular flexibility index (Phi) is 63.9. The first-order chi connectivity index (χ1) is 1.00. The predicted octanol–water partition coefficient (Wildman–Crippen LogP) is -0.502. The Labute approximate surface area is 107 Å². The zero-order valence-electron chi connectivity index (χ0n) is 1.99. The summed E-state index contributed by atoms with van der Waals surface area (Å²) in [6, 6.07) is 0. The molecule has 0 aromatic heterocycles. The Bertz CT molecular complexity index is 8.00. The van der Waals surface area contributed by atoms with E-state index in [4.69, 9.17) is 3.83 Å². The molecule has 0 amide bonds. The molecule has 0 aliphatic carbocycles. The molecule has 0 aromatic carbocycles. The second-order valence-electron chi connectivity index (χ2n) is 0. The second kappa shape index (κ2) is 16.3. The molecule has 0 fully saturated rings. The molecule has 0 heterocycles. The van der Waals surface area contributed by atoms with Gasteiger partial charge in [-0.1, -0.05) is 0 Å². The van der Waals surface area contributed by atoms with Crippen LogP contribution in [0.1, 0.15) is 0 Å². The van der Waals surface area contributed by atoms with E-state index in [2.05, 4.69) is 15.9 Å². The van der Waals surface area contributed by atoms with Crippen molar-refractivity contribution >= 4 is 48.9 Å². The molecule has 1 nitrogen and oxygen atoms in total. The monoisotopic (exact) mass is 358 g/mol. The van der Waals surface area contributed by atoms with Crippen LogP contribution in [0.2, 0.25) is 0 Å². The molecule has 0 N–H and O–H groups in total. The van der Waals surface area contributed by atoms with Crippen LogP contribution in [0.25, 0.3) is 0 Å². The molecule has 0 aromatic rings. The van der Waals surface area contributed by atoms with Crippen molar-refractivity contribution in [3.05, 3.63) is 0 Å². The van der Waals surface area contributed by atoms with E-state index in [1.54, 1.807) is 0 Å². The standard InChI is InChI=1S/Ba.Cu.O.Pr. The van der Waals surface area contributed by atoms with E-state index in [0.717, 1.165) is 0 Å². The molecule has 4 heavy (non-hydrogen) atoms. The third-order valence-corrected chi connectivity index (χ3v) is 0. The van der Waals surface area contributed by atoms with Crippen LogP contribution in [-0.2, 0) is 19.8 Å². The SMILES string of the molecule is [Ba].[O]=[Cu].[Pr]. The van der Waals surface area contributed by atoms with Crippen LogP contribution in [-0.4, -0.2) is 48.9 Å². The van der Waals surface area contributed by atoms with Crippen molar-refractivity contribution in [1.29, 1.82) is 0 Å². The van der Waals surface area contributed by atoms with E-state index < -0.39 is 0 Å². The molecule has 3 radical (unpaired) electrons. The summed E-state index contributed by atoms with van der Waals surface area (Å²) < 4.78 is 7.81. The van der Waals surface area contributed by atoms with E-state index >= 15 is 0 Å². The molecule has 0 saturated carbocycles. The summed E-state index contributed by atoms with van der Waals surface area (Å²) in [5, 5.41) is 0. The van der Waals surface area contributed by atoms with Gasteiger partial charge in [-0.2, -0.15) is 0 Å². The smallest absolute Gasteiger partial charge is 0 e. The van der Waals surface area contributed by atoms with Crippen molar-refractivity contribution in [2.24, 2.45) is 0 Å². The molecule has 0 unspecified atom stereocenters. The van der Waals surface area contributed by atoms with Crippen LogP contribution in [0.4, 0.5) is 0 Å². The molecule has 0 bridgehead atoms. The molecular formula is BaCuOPr. The maximum atomic E-state index is 7.81. The van der Waals surface area contributed by atoms with Crippen molar-refractivity contribution in [2.45, 2.75) is 0 Å². The average Bonchev–Trinajstić information content (AvgIpc) is 1.00. The molecule has 0 saturated heterocycles. The fraction of sp³-hybridized carbons (Fsp3) is 0. The number of hydrogen-bond acceptors (Lipinski definition) is 1. The third kappa shape index (κ3) is 8.98. The summed E-state index contributed by atoms with van der Waals surface area (Å²) >= 11 is 2.94. The van der Waals surface area contributed by atoms with Crippen molar-refractivity contribution < 1.29 is 61.1 Å². The molecule has 4 heteroatoms. The molecule has 0 rings (SSSR count). The topological polar surface area (TPSA) is 17.1 Å². The molecule has 22 valence electrons. The summed E-state index contributed by atoms with van der Waals surface area (Å²) in [5.74, 6) is 0. The minimum Gasteiger partial charge on any atom is 0 e. The van der Waals surface area contributed by atoms with Crippen molar-refractivity contribution in [1.82, 2.24) is 0 Å². The van der Waals surface area contributed by atoms with E-state index in [0.29, 0.717) is 0 Å². The van der Waals surface area contributed by atoms with Crippen LogP contribution in [0.15, 0.2) is 0 Å². The van der Waals surface area contributed by atoms with Crippen LogP contribution in [0.5, 0.6) is 0 Å². The summed E-state index contributed by atoms with van der Waals surface area (Å²) in [6.07, 6.45) is 0. The molecule has 0 spiro atoms. The summed E-state index contributed by atoms with van der Waals surface area (Å²) in [7, 11) is 0. The maximum absolute atomic E-state index is 7.81. The Morgan fingerprint density at radius 2 is 1.25 bits per heavy atom. The zero-order valence-corrected chi connectivity index (χ0v) is 11.1. The van der Waals surface area contributed by atoms with Gasteiger partial charge in [-0.3, -0.25) is 0 Å². The van der Waals surface area contributed by atoms with Crippen molar-refractivity contribution in [3.63, 3.8) is 0 Å². The van der Waals surface area contributed by atoms with Crippen molar-refractivity contribution in [3.8, 4) is 0 Å². The number of rotatable bonds is 0. The molecular weight excluding hydrogens is 358 g/mol. The van der Waals surface area contributed by atoms with Crippen LogP contribution in [0.3, 0.4) is 0 Å². The average molecular weight is 358 g/mol. The number of hydrogen-bond donors (Lipinski definition) is 0. The zero-order chi connectivity index (χ0) is 2.00. The van der Waals surface area contributed by atoms with Gasteiger partial charge in [-0.25, -0.2) is 0 Å². The van der Waals surface area contributed by atoms with Crippen LogP contribution >= 0.6 is 0 Å². The summed E-state index contributed by atoms with van der Waals surface area (Å²) in [6.45, 7) is 0. The van der Waals surface area contributed by atoms with Gasteiger partial charge in [0.1, 0.15) is 0 Å². The Balaban J connectivity index is -0.00000000500. The maximum Gasteiger partial charge on any atom is 0 e.